The van der Waals surface area contributed by atoms with Crippen LogP contribution in [-0.2, 0) is 15.8 Å². The van der Waals surface area contributed by atoms with E-state index < -0.39 is 28.4 Å². The molecule has 2 heterocycles. The van der Waals surface area contributed by atoms with Gasteiger partial charge in [0.2, 0.25) is 0 Å². The molecule has 0 saturated carbocycles. The Bertz CT molecular complexity index is 1940. The summed E-state index contributed by atoms with van der Waals surface area (Å²) in [6.45, 7) is 3.77. The number of benzene rings is 4. The van der Waals surface area contributed by atoms with E-state index in [1.165, 1.54) is 45.3 Å². The van der Waals surface area contributed by atoms with Crippen LogP contribution in [0.4, 0.5) is 13.2 Å². The number of rotatable bonds is 8. The van der Waals surface area contributed by atoms with Crippen molar-refractivity contribution in [3.8, 4) is 22.6 Å². The Balaban J connectivity index is 1.60. The van der Waals surface area contributed by atoms with E-state index in [9.17, 15) is 0 Å². The molecule has 1 aromatic heterocycles. The number of halogens is 4. The number of nitrogens with one attached hydrogen (secondary N) is 1. The molecule has 0 amide bonds. The van der Waals surface area contributed by atoms with Gasteiger partial charge >= 0.3 is 5.92 Å². The average Bonchev–Trinajstić information content (AvgIpc) is 3.10. The maximum absolute atomic E-state index is 16.7. The highest BCUT2D eigenvalue weighted by Gasteiger charge is 2.66. The van der Waals surface area contributed by atoms with Crippen molar-refractivity contribution in [1.82, 2.24) is 10.3 Å². The van der Waals surface area contributed by atoms with Crippen LogP contribution in [0.15, 0.2) is 121 Å². The Hall–Kier alpha value is -5.02. The summed E-state index contributed by atoms with van der Waals surface area (Å²) >= 11 is 6.17. The molecular weight excluding hydrogens is 651 g/mol. The van der Waals surface area contributed by atoms with Crippen LogP contribution in [0.1, 0.15) is 43.0 Å². The van der Waals surface area contributed by atoms with Crippen molar-refractivity contribution in [1.29, 1.82) is 0 Å². The van der Waals surface area contributed by atoms with Gasteiger partial charge in [-0.2, -0.15) is 8.78 Å². The van der Waals surface area contributed by atoms with E-state index in [-0.39, 0.29) is 11.6 Å². The van der Waals surface area contributed by atoms with E-state index in [1.54, 1.807) is 20.3 Å². The Morgan fingerprint density at radius 2 is 1.31 bits per heavy atom. The standard InChI is InChI=1S/C39H35ClF3N3O3/c1-36(2)39(42,43)37(3,33-22-25(11-20-34(33)41)26-21-30(40)24-44-23-26)45-35(49-36)46-38(27-9-7-6-8-10-27,28-12-16-31(47-4)17-13-28)29-14-18-32(48-5)19-15-29/h6-24H,1-5H3,(H,45,46)/t37-/m1/s1. The zero-order valence-corrected chi connectivity index (χ0v) is 28.4. The Morgan fingerprint density at radius 1 is 0.735 bits per heavy atom. The molecule has 0 saturated heterocycles. The van der Waals surface area contributed by atoms with E-state index in [4.69, 9.17) is 25.8 Å². The second kappa shape index (κ2) is 12.8. The number of amidine groups is 1. The molecule has 0 spiro atoms. The van der Waals surface area contributed by atoms with Gasteiger partial charge in [0.1, 0.15) is 22.9 Å². The first-order valence-corrected chi connectivity index (χ1v) is 15.9. The molecule has 5 aromatic rings. The molecular formula is C39H35ClF3N3O3. The summed E-state index contributed by atoms with van der Waals surface area (Å²) < 4.78 is 66.3. The van der Waals surface area contributed by atoms with Gasteiger partial charge < -0.3 is 19.5 Å². The van der Waals surface area contributed by atoms with Crippen LogP contribution in [0.2, 0.25) is 5.02 Å². The third kappa shape index (κ3) is 5.86. The second-order valence-electron chi connectivity index (χ2n) is 12.5. The molecule has 0 aliphatic carbocycles. The predicted molar refractivity (Wildman–Crippen MR) is 185 cm³/mol. The first-order chi connectivity index (χ1) is 23.3. The summed E-state index contributed by atoms with van der Waals surface area (Å²) in [6, 6.07) is 29.7. The topological polar surface area (TPSA) is 65.0 Å². The molecule has 10 heteroatoms. The minimum Gasteiger partial charge on any atom is -0.497 e. The summed E-state index contributed by atoms with van der Waals surface area (Å²) in [5.74, 6) is -3.27. The van der Waals surface area contributed by atoms with Gasteiger partial charge in [0.25, 0.3) is 6.02 Å². The van der Waals surface area contributed by atoms with Crippen LogP contribution >= 0.6 is 11.6 Å². The largest absolute Gasteiger partial charge is 0.497 e. The Morgan fingerprint density at radius 3 is 1.86 bits per heavy atom. The average molecular weight is 686 g/mol. The molecule has 252 valence electrons. The fourth-order valence-electron chi connectivity index (χ4n) is 6.37. The molecule has 0 fully saturated rings. The molecule has 49 heavy (non-hydrogen) atoms. The third-order valence-corrected chi connectivity index (χ3v) is 9.33. The highest BCUT2D eigenvalue weighted by Crippen LogP contribution is 2.53. The third-order valence-electron chi connectivity index (χ3n) is 9.12. The minimum atomic E-state index is -3.69. The van der Waals surface area contributed by atoms with Gasteiger partial charge in [0.05, 0.1) is 19.2 Å². The number of ether oxygens (including phenoxy) is 3. The quantitative estimate of drug-likeness (QED) is 0.165. The molecule has 1 atom stereocenters. The monoisotopic (exact) mass is 685 g/mol. The van der Waals surface area contributed by atoms with Crippen molar-refractivity contribution in [2.45, 2.75) is 43.4 Å². The number of aliphatic imine (C=N–C) groups is 1. The molecule has 1 aliphatic rings. The van der Waals surface area contributed by atoms with E-state index >= 15 is 13.2 Å². The minimum absolute atomic E-state index is 0.205. The van der Waals surface area contributed by atoms with E-state index in [0.29, 0.717) is 27.6 Å². The normalized spacial score (nSPS) is 18.2. The van der Waals surface area contributed by atoms with Gasteiger partial charge in [-0.1, -0.05) is 72.3 Å². The van der Waals surface area contributed by atoms with Crippen molar-refractivity contribution in [2.75, 3.05) is 14.2 Å². The number of hydrogen-bond acceptors (Lipinski definition) is 6. The van der Waals surface area contributed by atoms with Gasteiger partial charge in [-0.15, -0.1) is 0 Å². The molecule has 1 N–H and O–H groups in total. The fourth-order valence-corrected chi connectivity index (χ4v) is 6.54. The maximum atomic E-state index is 16.7. The smallest absolute Gasteiger partial charge is 0.315 e. The summed E-state index contributed by atoms with van der Waals surface area (Å²) in [6.07, 6.45) is 2.99. The number of nitrogens with zero attached hydrogens (tertiary/aromatic N) is 2. The number of methoxy groups -OCH3 is 2. The molecule has 4 aromatic carbocycles. The summed E-state index contributed by atoms with van der Waals surface area (Å²) in [5.41, 5.74) is -2.91. The fraction of sp³-hybridized carbons (Fsp3) is 0.231. The highest BCUT2D eigenvalue weighted by molar-refractivity contribution is 6.30. The van der Waals surface area contributed by atoms with Crippen LogP contribution in [-0.4, -0.2) is 36.7 Å². The van der Waals surface area contributed by atoms with Crippen LogP contribution in [0.3, 0.4) is 0 Å². The number of alkyl halides is 2. The second-order valence-corrected chi connectivity index (χ2v) is 12.9. The first kappa shape index (κ1) is 33.9. The maximum Gasteiger partial charge on any atom is 0.315 e. The first-order valence-electron chi connectivity index (χ1n) is 15.5. The van der Waals surface area contributed by atoms with Crippen LogP contribution in [0.25, 0.3) is 11.1 Å². The SMILES string of the molecule is COc1ccc(C(NC2=N[C@](C)(c3cc(-c4cncc(Cl)c4)ccc3F)C(F)(F)C(C)(C)O2)(c2ccccc2)c2ccc(OC)cc2)cc1. The van der Waals surface area contributed by atoms with E-state index in [1.807, 2.05) is 78.9 Å². The number of aromatic nitrogens is 1. The Kier molecular flexibility index (Phi) is 8.83. The zero-order valence-electron chi connectivity index (χ0n) is 27.6. The zero-order chi connectivity index (χ0) is 35.0. The molecule has 6 nitrogen and oxygen atoms in total. The summed E-state index contributed by atoms with van der Waals surface area (Å²) in [5, 5.41) is 3.80. The predicted octanol–water partition coefficient (Wildman–Crippen LogP) is 9.16. The molecule has 1 aliphatic heterocycles. The van der Waals surface area contributed by atoms with Crippen LogP contribution in [0.5, 0.6) is 11.5 Å². The lowest BCUT2D eigenvalue weighted by molar-refractivity contribution is -0.209. The lowest BCUT2D eigenvalue weighted by Crippen LogP contribution is -2.64. The molecule has 0 bridgehead atoms. The van der Waals surface area contributed by atoms with Crippen LogP contribution in [0, 0.1) is 5.82 Å². The van der Waals surface area contributed by atoms with Crippen molar-refractivity contribution >= 4 is 17.6 Å². The van der Waals surface area contributed by atoms with Crippen LogP contribution < -0.4 is 14.8 Å². The highest BCUT2D eigenvalue weighted by atomic mass is 35.5. The Labute approximate surface area is 288 Å². The van der Waals surface area contributed by atoms with Gasteiger partial charge in [-0.3, -0.25) is 4.98 Å². The molecule has 0 radical (unpaired) electrons. The van der Waals surface area contributed by atoms with E-state index in [0.717, 1.165) is 22.8 Å². The lowest BCUT2D eigenvalue weighted by atomic mass is 9.75. The molecule has 6 rings (SSSR count). The van der Waals surface area contributed by atoms with Crippen molar-refractivity contribution < 1.29 is 27.4 Å². The summed E-state index contributed by atoms with van der Waals surface area (Å²) in [7, 11) is 3.15. The van der Waals surface area contributed by atoms with Crippen molar-refractivity contribution in [2.24, 2.45) is 4.99 Å². The van der Waals surface area contributed by atoms with Crippen molar-refractivity contribution in [3.63, 3.8) is 0 Å². The summed E-state index contributed by atoms with van der Waals surface area (Å²) in [4.78, 5) is 8.68. The lowest BCUT2D eigenvalue weighted by Gasteiger charge is -2.49. The number of pyridine rings is 1. The molecule has 0 unspecified atom stereocenters. The van der Waals surface area contributed by atoms with Gasteiger partial charge in [-0.05, 0) is 85.5 Å². The van der Waals surface area contributed by atoms with Gasteiger partial charge in [0.15, 0.2) is 11.1 Å². The number of hydrogen-bond donors (Lipinski definition) is 1. The van der Waals surface area contributed by atoms with Crippen molar-refractivity contribution in [3.05, 3.63) is 149 Å². The van der Waals surface area contributed by atoms with Gasteiger partial charge in [0, 0.05) is 23.5 Å². The van der Waals surface area contributed by atoms with Gasteiger partial charge in [-0.25, -0.2) is 9.38 Å². The van der Waals surface area contributed by atoms with E-state index in [2.05, 4.69) is 15.3 Å².